The van der Waals surface area contributed by atoms with Gasteiger partial charge >= 0.3 is 13.1 Å². The molecule has 6 heteroatoms. The zero-order valence-electron chi connectivity index (χ0n) is 8.83. The summed E-state index contributed by atoms with van der Waals surface area (Å²) in [7, 11) is -0.183. The lowest BCUT2D eigenvalue weighted by Crippen LogP contribution is -2.30. The number of hydrogen-bond donors (Lipinski definition) is 3. The van der Waals surface area contributed by atoms with Crippen LogP contribution in [-0.4, -0.2) is 42.0 Å². The maximum Gasteiger partial charge on any atom is 0.488 e. The van der Waals surface area contributed by atoms with Crippen molar-refractivity contribution in [3.05, 3.63) is 29.8 Å². The van der Waals surface area contributed by atoms with Gasteiger partial charge in [0.25, 0.3) is 0 Å². The molecule has 0 fully saturated rings. The van der Waals surface area contributed by atoms with Crippen LogP contribution in [0.4, 0.5) is 0 Å². The number of methoxy groups -OCH3 is 1. The van der Waals surface area contributed by atoms with Crippen LogP contribution in [0.15, 0.2) is 24.3 Å². The first-order valence-corrected chi connectivity index (χ1v) is 4.74. The molecule has 0 aliphatic heterocycles. The van der Waals surface area contributed by atoms with E-state index in [1.165, 1.54) is 19.2 Å². The second kappa shape index (κ2) is 5.65. The summed E-state index contributed by atoms with van der Waals surface area (Å²) in [6, 6.07) is 6.15. The SMILES string of the molecule is COCC(C(=O)O)c1cccc(B(O)O)c1. The Morgan fingerprint density at radius 3 is 2.69 bits per heavy atom. The largest absolute Gasteiger partial charge is 0.488 e. The first-order chi connectivity index (χ1) is 7.56. The van der Waals surface area contributed by atoms with Crippen LogP contribution >= 0.6 is 0 Å². The van der Waals surface area contributed by atoms with E-state index in [1.807, 2.05) is 0 Å². The van der Waals surface area contributed by atoms with Crippen LogP contribution in [0.25, 0.3) is 0 Å². The third kappa shape index (κ3) is 3.06. The highest BCUT2D eigenvalue weighted by Gasteiger charge is 2.21. The van der Waals surface area contributed by atoms with Gasteiger partial charge in [-0.05, 0) is 11.0 Å². The molecule has 0 aliphatic rings. The third-order valence-electron chi connectivity index (χ3n) is 2.24. The Kier molecular flexibility index (Phi) is 4.48. The van der Waals surface area contributed by atoms with E-state index in [0.717, 1.165) is 0 Å². The molecule has 1 aromatic carbocycles. The monoisotopic (exact) mass is 224 g/mol. The predicted molar refractivity (Wildman–Crippen MR) is 58.5 cm³/mol. The molecular weight excluding hydrogens is 211 g/mol. The number of carboxylic acid groups (broad SMARTS) is 1. The molecule has 0 heterocycles. The lowest BCUT2D eigenvalue weighted by Gasteiger charge is -2.12. The first-order valence-electron chi connectivity index (χ1n) is 4.74. The van der Waals surface area contributed by atoms with Crippen molar-refractivity contribution in [2.24, 2.45) is 0 Å². The molecule has 0 aromatic heterocycles. The predicted octanol–water partition coefficient (Wildman–Crippen LogP) is -0.819. The van der Waals surface area contributed by atoms with Gasteiger partial charge in [-0.1, -0.05) is 24.3 Å². The van der Waals surface area contributed by atoms with Gasteiger partial charge in [0.2, 0.25) is 0 Å². The Morgan fingerprint density at radius 1 is 1.50 bits per heavy atom. The molecule has 0 saturated heterocycles. The van der Waals surface area contributed by atoms with E-state index in [2.05, 4.69) is 0 Å². The van der Waals surface area contributed by atoms with Gasteiger partial charge in [-0.15, -0.1) is 0 Å². The van der Waals surface area contributed by atoms with Gasteiger partial charge in [0.1, 0.15) is 5.92 Å². The van der Waals surface area contributed by atoms with Crippen LogP contribution < -0.4 is 5.46 Å². The minimum Gasteiger partial charge on any atom is -0.481 e. The van der Waals surface area contributed by atoms with Gasteiger partial charge in [0.05, 0.1) is 6.61 Å². The second-order valence-corrected chi connectivity index (χ2v) is 3.39. The Bertz CT molecular complexity index is 366. The van der Waals surface area contributed by atoms with E-state index in [-0.39, 0.29) is 12.1 Å². The van der Waals surface area contributed by atoms with E-state index < -0.39 is 19.0 Å². The Labute approximate surface area is 93.4 Å². The van der Waals surface area contributed by atoms with Crippen molar-refractivity contribution in [3.63, 3.8) is 0 Å². The number of carbonyl (C=O) groups is 1. The summed E-state index contributed by atoms with van der Waals surface area (Å²) in [5, 5.41) is 26.9. The summed E-state index contributed by atoms with van der Waals surface area (Å²) in [4.78, 5) is 11.0. The fourth-order valence-corrected chi connectivity index (χ4v) is 1.41. The number of ether oxygens (including phenoxy) is 1. The number of hydrogen-bond acceptors (Lipinski definition) is 4. The molecule has 16 heavy (non-hydrogen) atoms. The van der Waals surface area contributed by atoms with Gasteiger partial charge in [-0.3, -0.25) is 4.79 Å². The smallest absolute Gasteiger partial charge is 0.481 e. The summed E-state index contributed by atoms with van der Waals surface area (Å²) in [6.07, 6.45) is 0. The van der Waals surface area contributed by atoms with Crippen molar-refractivity contribution in [2.45, 2.75) is 5.92 Å². The number of benzene rings is 1. The third-order valence-corrected chi connectivity index (χ3v) is 2.24. The summed E-state index contributed by atoms with van der Waals surface area (Å²) in [5.41, 5.74) is 0.750. The molecule has 86 valence electrons. The van der Waals surface area contributed by atoms with Crippen molar-refractivity contribution in [3.8, 4) is 0 Å². The van der Waals surface area contributed by atoms with Gasteiger partial charge in [-0.2, -0.15) is 0 Å². The average Bonchev–Trinajstić information content (AvgIpc) is 2.25. The van der Waals surface area contributed by atoms with E-state index in [9.17, 15) is 4.79 Å². The standard InChI is InChI=1S/C10H13BO5/c1-16-6-9(10(12)13)7-3-2-4-8(5-7)11(14)15/h2-5,9,14-15H,6H2,1H3,(H,12,13). The lowest BCUT2D eigenvalue weighted by molar-refractivity contribution is -0.140. The van der Waals surface area contributed by atoms with Crippen molar-refractivity contribution in [2.75, 3.05) is 13.7 Å². The molecule has 1 atom stereocenters. The second-order valence-electron chi connectivity index (χ2n) is 3.39. The molecule has 0 radical (unpaired) electrons. The number of rotatable bonds is 5. The minimum absolute atomic E-state index is 0.0420. The molecule has 3 N–H and O–H groups in total. The summed E-state index contributed by atoms with van der Waals surface area (Å²) in [6.45, 7) is 0.0420. The van der Waals surface area contributed by atoms with E-state index >= 15 is 0 Å². The number of aliphatic carboxylic acids is 1. The molecule has 0 saturated carbocycles. The molecular formula is C10H13BO5. The van der Waals surface area contributed by atoms with E-state index in [0.29, 0.717) is 5.56 Å². The van der Waals surface area contributed by atoms with E-state index in [4.69, 9.17) is 19.9 Å². The minimum atomic E-state index is -1.60. The Morgan fingerprint density at radius 2 is 2.19 bits per heavy atom. The molecule has 0 amide bonds. The first kappa shape index (κ1) is 12.7. The van der Waals surface area contributed by atoms with E-state index in [1.54, 1.807) is 12.1 Å². The molecule has 5 nitrogen and oxygen atoms in total. The van der Waals surface area contributed by atoms with Gasteiger partial charge in [-0.25, -0.2) is 0 Å². The normalized spacial score (nSPS) is 12.2. The van der Waals surface area contributed by atoms with Crippen molar-refractivity contribution < 1.29 is 24.7 Å². The summed E-state index contributed by atoms with van der Waals surface area (Å²) in [5.74, 6) is -1.81. The quantitative estimate of drug-likeness (QED) is 0.569. The highest BCUT2D eigenvalue weighted by molar-refractivity contribution is 6.58. The molecule has 0 spiro atoms. The van der Waals surface area contributed by atoms with Gasteiger partial charge < -0.3 is 19.9 Å². The average molecular weight is 224 g/mol. The Hall–Kier alpha value is -1.37. The summed E-state index contributed by atoms with van der Waals surface area (Å²) >= 11 is 0. The highest BCUT2D eigenvalue weighted by atomic mass is 16.5. The maximum atomic E-state index is 11.0. The van der Waals surface area contributed by atoms with Crippen LogP contribution in [0.2, 0.25) is 0 Å². The van der Waals surface area contributed by atoms with Gasteiger partial charge in [0, 0.05) is 7.11 Å². The van der Waals surface area contributed by atoms with Crippen molar-refractivity contribution in [1.29, 1.82) is 0 Å². The van der Waals surface area contributed by atoms with Gasteiger partial charge in [0.15, 0.2) is 0 Å². The fourth-order valence-electron chi connectivity index (χ4n) is 1.41. The summed E-state index contributed by atoms with van der Waals surface area (Å²) < 4.78 is 4.81. The molecule has 0 bridgehead atoms. The lowest BCUT2D eigenvalue weighted by atomic mass is 9.78. The van der Waals surface area contributed by atoms with Crippen LogP contribution in [0.3, 0.4) is 0 Å². The van der Waals surface area contributed by atoms with Crippen LogP contribution in [0.5, 0.6) is 0 Å². The topological polar surface area (TPSA) is 87.0 Å². The van der Waals surface area contributed by atoms with Crippen LogP contribution in [0.1, 0.15) is 11.5 Å². The zero-order valence-corrected chi connectivity index (χ0v) is 8.83. The zero-order chi connectivity index (χ0) is 12.1. The molecule has 1 unspecified atom stereocenters. The fraction of sp³-hybridized carbons (Fsp3) is 0.300. The van der Waals surface area contributed by atoms with Crippen LogP contribution in [-0.2, 0) is 9.53 Å². The molecule has 1 aromatic rings. The maximum absolute atomic E-state index is 11.0. The Balaban J connectivity index is 3.00. The highest BCUT2D eigenvalue weighted by Crippen LogP contribution is 2.15. The van der Waals surface area contributed by atoms with Crippen LogP contribution in [0, 0.1) is 0 Å². The molecule has 0 aliphatic carbocycles. The van der Waals surface area contributed by atoms with Crippen molar-refractivity contribution in [1.82, 2.24) is 0 Å². The van der Waals surface area contributed by atoms with Crippen molar-refractivity contribution >= 4 is 18.6 Å². The molecule has 1 rings (SSSR count). The number of carboxylic acids is 1.